The van der Waals surface area contributed by atoms with Crippen LogP contribution in [-0.2, 0) is 6.42 Å². The topological polar surface area (TPSA) is 42.4 Å². The van der Waals surface area contributed by atoms with E-state index in [4.69, 9.17) is 4.74 Å². The maximum atomic E-state index is 14.4. The number of halogens is 1. The second-order valence-electron chi connectivity index (χ2n) is 7.15. The van der Waals surface area contributed by atoms with Crippen LogP contribution in [0.25, 0.3) is 11.1 Å². The molecule has 1 aromatic heterocycles. The summed E-state index contributed by atoms with van der Waals surface area (Å²) in [5.41, 5.74) is 2.59. The van der Waals surface area contributed by atoms with E-state index in [1.807, 2.05) is 39.0 Å². The Labute approximate surface area is 143 Å². The highest BCUT2D eigenvalue weighted by Crippen LogP contribution is 2.39. The molecule has 1 unspecified atom stereocenters. The lowest BCUT2D eigenvalue weighted by Crippen LogP contribution is -2.19. The number of aliphatic hydroxyl groups excluding tert-OH is 1. The first kappa shape index (κ1) is 18.4. The van der Waals surface area contributed by atoms with Gasteiger partial charge in [0.2, 0.25) is 5.88 Å². The molecule has 0 fully saturated rings. The molecule has 4 heteroatoms. The molecule has 1 N–H and O–H groups in total. The number of hydrogen-bond donors (Lipinski definition) is 1. The quantitative estimate of drug-likeness (QED) is 0.845. The molecule has 0 aliphatic heterocycles. The van der Waals surface area contributed by atoms with Crippen molar-refractivity contribution >= 4 is 0 Å². The van der Waals surface area contributed by atoms with E-state index < -0.39 is 11.9 Å². The molecule has 3 nitrogen and oxygen atoms in total. The van der Waals surface area contributed by atoms with Crippen LogP contribution in [0, 0.1) is 11.2 Å². The highest BCUT2D eigenvalue weighted by atomic mass is 19.1. The van der Waals surface area contributed by atoms with Crippen LogP contribution in [0.3, 0.4) is 0 Å². The zero-order valence-electron chi connectivity index (χ0n) is 15.1. The molecule has 1 heterocycles. The monoisotopic (exact) mass is 331 g/mol. The van der Waals surface area contributed by atoms with E-state index >= 15 is 0 Å². The normalized spacial score (nSPS) is 13.0. The smallest absolute Gasteiger partial charge is 0.213 e. The molecule has 1 aromatic carbocycles. The fraction of sp³-hybridized carbons (Fsp3) is 0.450. The third kappa shape index (κ3) is 3.93. The van der Waals surface area contributed by atoms with E-state index in [0.717, 1.165) is 30.2 Å². The lowest BCUT2D eigenvalue weighted by molar-refractivity contribution is 0.0631. The summed E-state index contributed by atoms with van der Waals surface area (Å²) >= 11 is 0. The van der Waals surface area contributed by atoms with Gasteiger partial charge in [-0.1, -0.05) is 52.3 Å². The van der Waals surface area contributed by atoms with Crippen LogP contribution < -0.4 is 4.74 Å². The molecule has 0 radical (unpaired) electrons. The number of nitrogens with zero attached hydrogens (tertiary/aromatic N) is 1. The standard InChI is InChI=1S/C20H26FNO2/c1-6-7-13-8-9-14(16(10-13)19(23)20(2,3)4)15-11-18(24-5)22-12-17(15)21/h8-12,19,23H,6-7H2,1-5H3. The Morgan fingerprint density at radius 2 is 1.92 bits per heavy atom. The number of methoxy groups -OCH3 is 1. The van der Waals surface area contributed by atoms with Crippen LogP contribution in [0.15, 0.2) is 30.5 Å². The Kier molecular flexibility index (Phi) is 5.60. The van der Waals surface area contributed by atoms with Gasteiger partial charge in [0.1, 0.15) is 5.82 Å². The van der Waals surface area contributed by atoms with Gasteiger partial charge in [-0.25, -0.2) is 9.37 Å². The van der Waals surface area contributed by atoms with Crippen molar-refractivity contribution in [1.82, 2.24) is 4.98 Å². The number of aromatic nitrogens is 1. The molecular formula is C20H26FNO2. The van der Waals surface area contributed by atoms with Crippen molar-refractivity contribution in [2.24, 2.45) is 5.41 Å². The number of rotatable bonds is 5. The average Bonchev–Trinajstić information content (AvgIpc) is 2.54. The fourth-order valence-corrected chi connectivity index (χ4v) is 2.73. The largest absolute Gasteiger partial charge is 0.481 e. The highest BCUT2D eigenvalue weighted by Gasteiger charge is 2.27. The minimum atomic E-state index is -0.706. The van der Waals surface area contributed by atoms with Gasteiger partial charge in [0, 0.05) is 11.6 Å². The number of ether oxygens (including phenoxy) is 1. The van der Waals surface area contributed by atoms with Gasteiger partial charge < -0.3 is 9.84 Å². The first-order valence-electron chi connectivity index (χ1n) is 8.28. The summed E-state index contributed by atoms with van der Waals surface area (Å²) in [7, 11) is 1.50. The average molecular weight is 331 g/mol. The minimum absolute atomic E-state index is 0.347. The predicted molar refractivity (Wildman–Crippen MR) is 94.6 cm³/mol. The Bertz CT molecular complexity index is 707. The van der Waals surface area contributed by atoms with Crippen LogP contribution in [0.4, 0.5) is 4.39 Å². The molecule has 0 saturated heterocycles. The lowest BCUT2D eigenvalue weighted by atomic mass is 9.81. The van der Waals surface area contributed by atoms with Gasteiger partial charge in [0.25, 0.3) is 0 Å². The lowest BCUT2D eigenvalue weighted by Gasteiger charge is -2.28. The maximum absolute atomic E-state index is 14.4. The zero-order chi connectivity index (χ0) is 17.9. The van der Waals surface area contributed by atoms with Gasteiger partial charge in [-0.3, -0.25) is 0 Å². The van der Waals surface area contributed by atoms with E-state index in [9.17, 15) is 9.50 Å². The SMILES string of the molecule is CCCc1ccc(-c2cc(OC)ncc2F)c(C(O)C(C)(C)C)c1. The summed E-state index contributed by atoms with van der Waals surface area (Å²) in [4.78, 5) is 3.89. The number of pyridine rings is 1. The van der Waals surface area contributed by atoms with Crippen LogP contribution in [0.2, 0.25) is 0 Å². The molecule has 1 atom stereocenters. The second-order valence-corrected chi connectivity index (χ2v) is 7.15. The number of aliphatic hydroxyl groups is 1. The highest BCUT2D eigenvalue weighted by molar-refractivity contribution is 5.69. The fourth-order valence-electron chi connectivity index (χ4n) is 2.73. The summed E-state index contributed by atoms with van der Waals surface area (Å²) in [5, 5.41) is 10.8. The van der Waals surface area contributed by atoms with Crippen LogP contribution >= 0.6 is 0 Å². The molecule has 24 heavy (non-hydrogen) atoms. The Hall–Kier alpha value is -1.94. The molecule has 0 bridgehead atoms. The van der Waals surface area contributed by atoms with Gasteiger partial charge in [-0.2, -0.15) is 0 Å². The Morgan fingerprint density at radius 1 is 1.21 bits per heavy atom. The number of hydrogen-bond acceptors (Lipinski definition) is 3. The predicted octanol–water partition coefficient (Wildman–Crippen LogP) is 4.93. The van der Waals surface area contributed by atoms with E-state index in [0.29, 0.717) is 17.0 Å². The van der Waals surface area contributed by atoms with E-state index in [1.165, 1.54) is 7.11 Å². The van der Waals surface area contributed by atoms with Crippen molar-refractivity contribution in [3.05, 3.63) is 47.4 Å². The van der Waals surface area contributed by atoms with Crippen molar-refractivity contribution in [3.8, 4) is 17.0 Å². The molecule has 2 rings (SSSR count). The molecule has 0 saturated carbocycles. The Morgan fingerprint density at radius 3 is 2.50 bits per heavy atom. The molecule has 0 amide bonds. The van der Waals surface area contributed by atoms with E-state index in [1.54, 1.807) is 6.07 Å². The van der Waals surface area contributed by atoms with Crippen molar-refractivity contribution in [2.75, 3.05) is 7.11 Å². The first-order chi connectivity index (χ1) is 11.3. The number of aryl methyl sites for hydroxylation is 1. The molecule has 0 aliphatic rings. The van der Waals surface area contributed by atoms with Crippen molar-refractivity contribution < 1.29 is 14.2 Å². The first-order valence-corrected chi connectivity index (χ1v) is 8.28. The molecule has 2 aromatic rings. The summed E-state index contributed by atoms with van der Waals surface area (Å²) in [6.45, 7) is 8.02. The second kappa shape index (κ2) is 7.31. The van der Waals surface area contributed by atoms with Gasteiger partial charge >= 0.3 is 0 Å². The maximum Gasteiger partial charge on any atom is 0.213 e. The molecular weight excluding hydrogens is 305 g/mol. The number of benzene rings is 1. The van der Waals surface area contributed by atoms with Gasteiger partial charge in [-0.15, -0.1) is 0 Å². The van der Waals surface area contributed by atoms with Gasteiger partial charge in [0.05, 0.1) is 19.4 Å². The van der Waals surface area contributed by atoms with E-state index in [-0.39, 0.29) is 5.41 Å². The van der Waals surface area contributed by atoms with Crippen molar-refractivity contribution in [1.29, 1.82) is 0 Å². The van der Waals surface area contributed by atoms with Crippen molar-refractivity contribution in [2.45, 2.75) is 46.6 Å². The summed E-state index contributed by atoms with van der Waals surface area (Å²) in [6, 6.07) is 7.43. The van der Waals surface area contributed by atoms with Gasteiger partial charge in [-0.05, 0) is 28.5 Å². The zero-order valence-corrected chi connectivity index (χ0v) is 15.1. The summed E-state index contributed by atoms with van der Waals surface area (Å²) in [5.74, 6) is -0.0818. The summed E-state index contributed by atoms with van der Waals surface area (Å²) < 4.78 is 19.5. The van der Waals surface area contributed by atoms with Crippen LogP contribution in [0.5, 0.6) is 5.88 Å². The third-order valence-corrected chi connectivity index (χ3v) is 4.10. The van der Waals surface area contributed by atoms with Gasteiger partial charge in [0.15, 0.2) is 0 Å². The van der Waals surface area contributed by atoms with Crippen molar-refractivity contribution in [3.63, 3.8) is 0 Å². The molecule has 0 aliphatic carbocycles. The molecule has 130 valence electrons. The summed E-state index contributed by atoms with van der Waals surface area (Å²) in [6.07, 6.45) is 2.39. The minimum Gasteiger partial charge on any atom is -0.481 e. The van der Waals surface area contributed by atoms with Crippen LogP contribution in [0.1, 0.15) is 51.3 Å². The molecule has 0 spiro atoms. The van der Waals surface area contributed by atoms with E-state index in [2.05, 4.69) is 11.9 Å². The van der Waals surface area contributed by atoms with Crippen LogP contribution in [-0.4, -0.2) is 17.2 Å². The Balaban J connectivity index is 2.65. The third-order valence-electron chi connectivity index (χ3n) is 4.10.